The minimum atomic E-state index is 0.763. The lowest BCUT2D eigenvalue weighted by atomic mass is 10.0. The number of aryl methyl sites for hydroxylation is 2. The second-order valence-electron chi connectivity index (χ2n) is 5.07. The fourth-order valence-electron chi connectivity index (χ4n) is 2.83. The lowest BCUT2D eigenvalue weighted by Crippen LogP contribution is -2.11. The molecule has 2 aromatic rings. The molecule has 3 heterocycles. The summed E-state index contributed by atoms with van der Waals surface area (Å²) in [6.07, 6.45) is 2.40. The molecule has 3 nitrogen and oxygen atoms in total. The van der Waals surface area contributed by atoms with E-state index in [2.05, 4.69) is 41.8 Å². The molecule has 1 atom stereocenters. The van der Waals surface area contributed by atoms with Crippen LogP contribution >= 0.6 is 0 Å². The Morgan fingerprint density at radius 1 is 1.41 bits per heavy atom. The molecule has 0 aromatic carbocycles. The Morgan fingerprint density at radius 3 is 3.00 bits per heavy atom. The third-order valence-corrected chi connectivity index (χ3v) is 3.81. The largest absolute Gasteiger partial charge is 0.316 e. The summed E-state index contributed by atoms with van der Waals surface area (Å²) in [6, 6.07) is 6.32. The molecule has 1 aliphatic heterocycles. The molecule has 1 unspecified atom stereocenters. The average Bonchev–Trinajstić information content (AvgIpc) is 2.90. The van der Waals surface area contributed by atoms with Gasteiger partial charge in [-0.2, -0.15) is 0 Å². The van der Waals surface area contributed by atoms with Crippen LogP contribution in [0.25, 0.3) is 5.65 Å². The molecule has 1 fully saturated rings. The van der Waals surface area contributed by atoms with Gasteiger partial charge >= 0.3 is 0 Å². The Bertz CT molecular complexity index is 536. The first-order chi connectivity index (χ1) is 8.25. The summed E-state index contributed by atoms with van der Waals surface area (Å²) in [5.74, 6) is 0.763. The van der Waals surface area contributed by atoms with Gasteiger partial charge in [0.25, 0.3) is 0 Å². The summed E-state index contributed by atoms with van der Waals surface area (Å²) < 4.78 is 2.26. The van der Waals surface area contributed by atoms with Crippen LogP contribution in [0.15, 0.2) is 18.2 Å². The number of hydrogen-bond acceptors (Lipinski definition) is 2. The minimum Gasteiger partial charge on any atom is -0.316 e. The summed E-state index contributed by atoms with van der Waals surface area (Å²) >= 11 is 0. The molecule has 0 spiro atoms. The summed E-state index contributed by atoms with van der Waals surface area (Å²) in [6.45, 7) is 6.63. The lowest BCUT2D eigenvalue weighted by Gasteiger charge is -2.06. The molecule has 3 heteroatoms. The van der Waals surface area contributed by atoms with Gasteiger partial charge in [0.15, 0.2) is 0 Å². The molecule has 0 amide bonds. The summed E-state index contributed by atoms with van der Waals surface area (Å²) in [5, 5.41) is 3.42. The summed E-state index contributed by atoms with van der Waals surface area (Å²) in [5.41, 5.74) is 4.93. The van der Waals surface area contributed by atoms with Gasteiger partial charge in [0.05, 0.1) is 5.69 Å². The normalized spacial score (nSPS) is 20.2. The predicted molar refractivity (Wildman–Crippen MR) is 69.3 cm³/mol. The van der Waals surface area contributed by atoms with E-state index in [1.165, 1.54) is 23.5 Å². The first kappa shape index (κ1) is 10.8. The zero-order valence-corrected chi connectivity index (χ0v) is 10.5. The van der Waals surface area contributed by atoms with Crippen LogP contribution in [0.4, 0.5) is 0 Å². The van der Waals surface area contributed by atoms with Crippen LogP contribution in [0.2, 0.25) is 0 Å². The van der Waals surface area contributed by atoms with Gasteiger partial charge in [-0.05, 0) is 57.8 Å². The van der Waals surface area contributed by atoms with E-state index in [1.54, 1.807) is 0 Å². The van der Waals surface area contributed by atoms with E-state index in [9.17, 15) is 0 Å². The maximum absolute atomic E-state index is 4.77. The molecule has 0 bridgehead atoms. The van der Waals surface area contributed by atoms with Crippen molar-refractivity contribution in [1.82, 2.24) is 14.7 Å². The molecule has 1 aliphatic rings. The van der Waals surface area contributed by atoms with Gasteiger partial charge in [-0.3, -0.25) is 0 Å². The van der Waals surface area contributed by atoms with Gasteiger partial charge in [-0.25, -0.2) is 4.98 Å². The number of pyridine rings is 1. The third kappa shape index (κ3) is 1.84. The maximum Gasteiger partial charge on any atom is 0.137 e. The van der Waals surface area contributed by atoms with Crippen molar-refractivity contribution < 1.29 is 0 Å². The predicted octanol–water partition coefficient (Wildman–Crippen LogP) is 2.10. The van der Waals surface area contributed by atoms with Crippen molar-refractivity contribution in [2.45, 2.75) is 26.7 Å². The zero-order valence-electron chi connectivity index (χ0n) is 10.5. The number of aromatic nitrogens is 2. The molecule has 1 saturated heterocycles. The second kappa shape index (κ2) is 4.15. The maximum atomic E-state index is 4.77. The molecule has 17 heavy (non-hydrogen) atoms. The number of fused-ring (bicyclic) bond motifs is 1. The van der Waals surface area contributed by atoms with E-state index in [0.29, 0.717) is 0 Å². The average molecular weight is 229 g/mol. The Kier molecular flexibility index (Phi) is 2.63. The molecule has 0 aliphatic carbocycles. The molecule has 2 aromatic heterocycles. The van der Waals surface area contributed by atoms with Crippen LogP contribution in [0.3, 0.4) is 0 Å². The zero-order chi connectivity index (χ0) is 11.8. The van der Waals surface area contributed by atoms with Gasteiger partial charge in [0.1, 0.15) is 5.65 Å². The number of rotatable bonds is 2. The van der Waals surface area contributed by atoms with E-state index in [0.717, 1.165) is 31.1 Å². The Balaban J connectivity index is 1.99. The fourth-order valence-corrected chi connectivity index (χ4v) is 2.83. The number of nitrogens with one attached hydrogen (secondary N) is 1. The van der Waals surface area contributed by atoms with E-state index in [-0.39, 0.29) is 0 Å². The molecular weight excluding hydrogens is 210 g/mol. The van der Waals surface area contributed by atoms with E-state index < -0.39 is 0 Å². The summed E-state index contributed by atoms with van der Waals surface area (Å²) in [7, 11) is 0. The Labute approximate surface area is 102 Å². The SMILES string of the molecule is Cc1cccc2nc(CC3CCNC3)c(C)n12. The fraction of sp³-hybridized carbons (Fsp3) is 0.500. The van der Waals surface area contributed by atoms with Crippen LogP contribution in [0, 0.1) is 19.8 Å². The lowest BCUT2D eigenvalue weighted by molar-refractivity contribution is 0.571. The monoisotopic (exact) mass is 229 g/mol. The van der Waals surface area contributed by atoms with Gasteiger partial charge < -0.3 is 9.72 Å². The van der Waals surface area contributed by atoms with Gasteiger partial charge in [0.2, 0.25) is 0 Å². The van der Waals surface area contributed by atoms with E-state index in [4.69, 9.17) is 4.98 Å². The first-order valence-corrected chi connectivity index (χ1v) is 6.40. The van der Waals surface area contributed by atoms with Crippen molar-refractivity contribution in [2.75, 3.05) is 13.1 Å². The van der Waals surface area contributed by atoms with Crippen molar-refractivity contribution in [2.24, 2.45) is 5.92 Å². The minimum absolute atomic E-state index is 0.763. The van der Waals surface area contributed by atoms with Crippen LogP contribution < -0.4 is 5.32 Å². The molecule has 1 N–H and O–H groups in total. The Morgan fingerprint density at radius 2 is 2.29 bits per heavy atom. The molecule has 90 valence electrons. The highest BCUT2D eigenvalue weighted by atomic mass is 15.0. The van der Waals surface area contributed by atoms with Crippen molar-refractivity contribution in [3.05, 3.63) is 35.3 Å². The van der Waals surface area contributed by atoms with Crippen LogP contribution in [0.5, 0.6) is 0 Å². The highest BCUT2D eigenvalue weighted by Gasteiger charge is 2.18. The highest BCUT2D eigenvalue weighted by molar-refractivity contribution is 5.44. The van der Waals surface area contributed by atoms with Crippen LogP contribution in [-0.2, 0) is 6.42 Å². The van der Waals surface area contributed by atoms with Gasteiger partial charge in [-0.1, -0.05) is 6.07 Å². The van der Waals surface area contributed by atoms with E-state index >= 15 is 0 Å². The molecule has 0 saturated carbocycles. The Hall–Kier alpha value is -1.35. The van der Waals surface area contributed by atoms with Gasteiger partial charge in [-0.15, -0.1) is 0 Å². The van der Waals surface area contributed by atoms with Crippen molar-refractivity contribution in [3.63, 3.8) is 0 Å². The standard InChI is InChI=1S/C14H19N3/c1-10-4-3-5-14-16-13(11(2)17(10)14)8-12-6-7-15-9-12/h3-5,12,15H,6-9H2,1-2H3. The molecular formula is C14H19N3. The van der Waals surface area contributed by atoms with Gasteiger partial charge in [0, 0.05) is 11.4 Å². The quantitative estimate of drug-likeness (QED) is 0.854. The number of hydrogen-bond donors (Lipinski definition) is 1. The second-order valence-corrected chi connectivity index (χ2v) is 5.07. The summed E-state index contributed by atoms with van der Waals surface area (Å²) in [4.78, 5) is 4.77. The van der Waals surface area contributed by atoms with Crippen LogP contribution in [-0.4, -0.2) is 22.5 Å². The van der Waals surface area contributed by atoms with Crippen molar-refractivity contribution in [3.8, 4) is 0 Å². The number of imidazole rings is 1. The molecule has 3 rings (SSSR count). The topological polar surface area (TPSA) is 29.3 Å². The number of nitrogens with zero attached hydrogens (tertiary/aromatic N) is 2. The smallest absolute Gasteiger partial charge is 0.137 e. The third-order valence-electron chi connectivity index (χ3n) is 3.81. The first-order valence-electron chi connectivity index (χ1n) is 6.40. The highest BCUT2D eigenvalue weighted by Crippen LogP contribution is 2.20. The van der Waals surface area contributed by atoms with Crippen LogP contribution in [0.1, 0.15) is 23.5 Å². The molecule has 0 radical (unpaired) electrons. The van der Waals surface area contributed by atoms with E-state index in [1.807, 2.05) is 0 Å². The van der Waals surface area contributed by atoms with Crippen molar-refractivity contribution in [1.29, 1.82) is 0 Å². The van der Waals surface area contributed by atoms with Crippen molar-refractivity contribution >= 4 is 5.65 Å².